The number of carbonyl (C=O) groups is 1. The van der Waals surface area contributed by atoms with E-state index in [9.17, 15) is 4.79 Å². The van der Waals surface area contributed by atoms with E-state index < -0.39 is 0 Å². The molecule has 6 nitrogen and oxygen atoms in total. The predicted molar refractivity (Wildman–Crippen MR) is 58.1 cm³/mol. The van der Waals surface area contributed by atoms with Crippen LogP contribution in [0.4, 0.5) is 0 Å². The molecule has 0 aliphatic carbocycles. The molecule has 1 heterocycles. The van der Waals surface area contributed by atoms with Crippen molar-refractivity contribution in [2.45, 2.75) is 12.8 Å². The fraction of sp³-hybridized carbons (Fsp3) is 0.600. The van der Waals surface area contributed by atoms with E-state index >= 15 is 0 Å². The van der Waals surface area contributed by atoms with Gasteiger partial charge in [0, 0.05) is 33.2 Å². The average Bonchev–Trinajstić information content (AvgIpc) is 2.73. The number of hydrogen-bond acceptors (Lipinski definition) is 5. The number of nitrogens with two attached hydrogens (primary N) is 1. The standard InChI is InChI=1S/C10H17N3O3/c1-15-6-2-5-12-10(14)8-7-16-9(13-8)3-4-11/h7H,2-6,11H2,1H3,(H,12,14). The molecular weight excluding hydrogens is 210 g/mol. The highest BCUT2D eigenvalue weighted by molar-refractivity contribution is 5.91. The van der Waals surface area contributed by atoms with Gasteiger partial charge >= 0.3 is 0 Å². The summed E-state index contributed by atoms with van der Waals surface area (Å²) in [7, 11) is 1.62. The highest BCUT2D eigenvalue weighted by Gasteiger charge is 2.10. The number of oxazole rings is 1. The summed E-state index contributed by atoms with van der Waals surface area (Å²) in [6.07, 6.45) is 2.66. The minimum absolute atomic E-state index is 0.233. The van der Waals surface area contributed by atoms with Crippen molar-refractivity contribution < 1.29 is 13.9 Å². The van der Waals surface area contributed by atoms with E-state index in [0.29, 0.717) is 37.7 Å². The van der Waals surface area contributed by atoms with Gasteiger partial charge in [-0.3, -0.25) is 4.79 Å². The molecule has 0 saturated heterocycles. The summed E-state index contributed by atoms with van der Waals surface area (Å²) >= 11 is 0. The lowest BCUT2D eigenvalue weighted by Crippen LogP contribution is -2.25. The zero-order valence-corrected chi connectivity index (χ0v) is 9.36. The summed E-state index contributed by atoms with van der Waals surface area (Å²) in [4.78, 5) is 15.5. The second kappa shape index (κ2) is 6.97. The number of rotatable bonds is 7. The summed E-state index contributed by atoms with van der Waals surface area (Å²) in [5.74, 6) is 0.257. The van der Waals surface area contributed by atoms with Gasteiger partial charge in [-0.05, 0) is 6.42 Å². The Morgan fingerprint density at radius 2 is 2.50 bits per heavy atom. The lowest BCUT2D eigenvalue weighted by molar-refractivity contribution is 0.0943. The third-order valence-electron chi connectivity index (χ3n) is 1.95. The first-order valence-electron chi connectivity index (χ1n) is 5.19. The number of nitrogens with zero attached hydrogens (tertiary/aromatic N) is 1. The zero-order chi connectivity index (χ0) is 11.8. The van der Waals surface area contributed by atoms with E-state index in [1.54, 1.807) is 7.11 Å². The number of aromatic nitrogens is 1. The maximum absolute atomic E-state index is 11.5. The lowest BCUT2D eigenvalue weighted by atomic mass is 10.4. The van der Waals surface area contributed by atoms with E-state index in [2.05, 4.69) is 10.3 Å². The van der Waals surface area contributed by atoms with Crippen LogP contribution in [0.1, 0.15) is 22.8 Å². The Morgan fingerprint density at radius 1 is 1.69 bits per heavy atom. The Hall–Kier alpha value is -1.40. The number of hydrogen-bond donors (Lipinski definition) is 2. The van der Waals surface area contributed by atoms with Crippen molar-refractivity contribution in [2.24, 2.45) is 5.73 Å². The second-order valence-corrected chi connectivity index (χ2v) is 3.27. The van der Waals surface area contributed by atoms with Gasteiger partial charge < -0.3 is 20.2 Å². The van der Waals surface area contributed by atoms with Gasteiger partial charge in [0.25, 0.3) is 5.91 Å². The molecule has 0 unspecified atom stereocenters. The molecule has 90 valence electrons. The van der Waals surface area contributed by atoms with Crippen LogP contribution in [0.25, 0.3) is 0 Å². The topological polar surface area (TPSA) is 90.4 Å². The molecule has 1 rings (SSSR count). The average molecular weight is 227 g/mol. The van der Waals surface area contributed by atoms with E-state index in [-0.39, 0.29) is 5.91 Å². The summed E-state index contributed by atoms with van der Waals surface area (Å²) in [5, 5.41) is 2.72. The van der Waals surface area contributed by atoms with Gasteiger partial charge in [-0.1, -0.05) is 0 Å². The molecule has 1 aromatic heterocycles. The normalized spacial score (nSPS) is 10.4. The summed E-state index contributed by atoms with van der Waals surface area (Å²) < 4.78 is 9.94. The fourth-order valence-corrected chi connectivity index (χ4v) is 1.16. The first-order chi connectivity index (χ1) is 7.77. The Kier molecular flexibility index (Phi) is 5.52. The van der Waals surface area contributed by atoms with Crippen molar-refractivity contribution in [3.05, 3.63) is 17.8 Å². The number of ether oxygens (including phenoxy) is 1. The quantitative estimate of drug-likeness (QED) is 0.637. The largest absolute Gasteiger partial charge is 0.448 e. The van der Waals surface area contributed by atoms with Crippen LogP contribution in [0.5, 0.6) is 0 Å². The summed E-state index contributed by atoms with van der Waals surface area (Å²) in [6, 6.07) is 0. The molecule has 0 atom stereocenters. The molecule has 16 heavy (non-hydrogen) atoms. The van der Waals surface area contributed by atoms with Crippen LogP contribution in [0.3, 0.4) is 0 Å². The molecule has 0 spiro atoms. The van der Waals surface area contributed by atoms with Crippen LogP contribution in [0, 0.1) is 0 Å². The minimum Gasteiger partial charge on any atom is -0.448 e. The smallest absolute Gasteiger partial charge is 0.273 e. The maximum Gasteiger partial charge on any atom is 0.273 e. The van der Waals surface area contributed by atoms with E-state index in [1.807, 2.05) is 0 Å². The van der Waals surface area contributed by atoms with Gasteiger partial charge in [0.1, 0.15) is 6.26 Å². The SMILES string of the molecule is COCCCNC(=O)c1coc(CCN)n1. The molecule has 0 aromatic carbocycles. The molecule has 0 fully saturated rings. The highest BCUT2D eigenvalue weighted by Crippen LogP contribution is 2.02. The Morgan fingerprint density at radius 3 is 3.19 bits per heavy atom. The van der Waals surface area contributed by atoms with Gasteiger partial charge in [0.15, 0.2) is 11.6 Å². The zero-order valence-electron chi connectivity index (χ0n) is 9.36. The molecule has 0 aliphatic heterocycles. The van der Waals surface area contributed by atoms with Crippen LogP contribution in [-0.2, 0) is 11.2 Å². The molecule has 1 amide bonds. The highest BCUT2D eigenvalue weighted by atomic mass is 16.5. The molecule has 1 aromatic rings. The Balaban J connectivity index is 2.34. The van der Waals surface area contributed by atoms with Crippen molar-refractivity contribution >= 4 is 5.91 Å². The third-order valence-corrected chi connectivity index (χ3v) is 1.95. The van der Waals surface area contributed by atoms with E-state index in [1.165, 1.54) is 6.26 Å². The molecular formula is C10H17N3O3. The van der Waals surface area contributed by atoms with Crippen LogP contribution >= 0.6 is 0 Å². The first-order valence-corrected chi connectivity index (χ1v) is 5.19. The monoisotopic (exact) mass is 227 g/mol. The number of nitrogens with one attached hydrogen (secondary N) is 1. The van der Waals surface area contributed by atoms with Crippen molar-refractivity contribution in [3.8, 4) is 0 Å². The first kappa shape index (κ1) is 12.7. The van der Waals surface area contributed by atoms with Crippen LogP contribution in [0.15, 0.2) is 10.7 Å². The van der Waals surface area contributed by atoms with Crippen LogP contribution in [-0.4, -0.2) is 37.7 Å². The third kappa shape index (κ3) is 4.00. The Labute approximate surface area is 94.2 Å². The summed E-state index contributed by atoms with van der Waals surface area (Å²) in [5.41, 5.74) is 5.64. The molecule has 0 bridgehead atoms. The number of carbonyl (C=O) groups excluding carboxylic acids is 1. The van der Waals surface area contributed by atoms with Gasteiger partial charge in [-0.2, -0.15) is 0 Å². The van der Waals surface area contributed by atoms with Crippen molar-refractivity contribution in [1.82, 2.24) is 10.3 Å². The van der Waals surface area contributed by atoms with E-state index in [4.69, 9.17) is 14.9 Å². The number of amides is 1. The molecule has 6 heteroatoms. The molecule has 0 radical (unpaired) electrons. The fourth-order valence-electron chi connectivity index (χ4n) is 1.16. The van der Waals surface area contributed by atoms with Gasteiger partial charge in [-0.15, -0.1) is 0 Å². The van der Waals surface area contributed by atoms with Crippen molar-refractivity contribution in [3.63, 3.8) is 0 Å². The minimum atomic E-state index is -0.233. The maximum atomic E-state index is 11.5. The van der Waals surface area contributed by atoms with E-state index in [0.717, 1.165) is 6.42 Å². The van der Waals surface area contributed by atoms with Gasteiger partial charge in [0.2, 0.25) is 0 Å². The molecule has 0 aliphatic rings. The lowest BCUT2D eigenvalue weighted by Gasteiger charge is -2.01. The number of methoxy groups -OCH3 is 1. The Bertz CT molecular complexity index is 325. The van der Waals surface area contributed by atoms with Crippen molar-refractivity contribution in [2.75, 3.05) is 26.8 Å². The van der Waals surface area contributed by atoms with Crippen LogP contribution < -0.4 is 11.1 Å². The summed E-state index contributed by atoms with van der Waals surface area (Å²) in [6.45, 7) is 1.64. The predicted octanol–water partition coefficient (Wildman–Crippen LogP) is -0.0579. The molecule has 3 N–H and O–H groups in total. The van der Waals surface area contributed by atoms with Gasteiger partial charge in [-0.25, -0.2) is 4.98 Å². The van der Waals surface area contributed by atoms with Gasteiger partial charge in [0.05, 0.1) is 0 Å². The molecule has 0 saturated carbocycles. The van der Waals surface area contributed by atoms with Crippen molar-refractivity contribution in [1.29, 1.82) is 0 Å². The van der Waals surface area contributed by atoms with Crippen LogP contribution in [0.2, 0.25) is 0 Å². The second-order valence-electron chi connectivity index (χ2n) is 3.27.